The molecular weight excluding hydrogens is 246 g/mol. The molecule has 19 heavy (non-hydrogen) atoms. The van der Waals surface area contributed by atoms with E-state index in [1.54, 1.807) is 38.1 Å². The minimum Gasteiger partial charge on any atom is -0.476 e. The molecule has 0 amide bonds. The standard InChI is InChI=1S/C13H15N3O3/c1-13(2,19)7-14-10-8-5-3-4-6-9(8)15-16-11(10)12(17)18/h3-6,19H,7H2,1-2H3,(H,14,15)(H,17,18). The van der Waals surface area contributed by atoms with Crippen LogP contribution in [0.4, 0.5) is 5.69 Å². The number of aromatic nitrogens is 2. The van der Waals surface area contributed by atoms with E-state index >= 15 is 0 Å². The molecule has 0 spiro atoms. The molecule has 0 saturated carbocycles. The molecule has 0 aliphatic rings. The first kappa shape index (κ1) is 13.2. The van der Waals surface area contributed by atoms with Gasteiger partial charge in [-0.3, -0.25) is 0 Å². The first-order valence-corrected chi connectivity index (χ1v) is 5.83. The smallest absolute Gasteiger partial charge is 0.358 e. The highest BCUT2D eigenvalue weighted by molar-refractivity contribution is 6.02. The number of nitrogens with zero attached hydrogens (tertiary/aromatic N) is 2. The summed E-state index contributed by atoms with van der Waals surface area (Å²) in [5.74, 6) is -1.16. The van der Waals surface area contributed by atoms with Crippen molar-refractivity contribution in [3.8, 4) is 0 Å². The van der Waals surface area contributed by atoms with Crippen LogP contribution in [0.25, 0.3) is 10.9 Å². The Morgan fingerprint density at radius 1 is 1.32 bits per heavy atom. The zero-order valence-electron chi connectivity index (χ0n) is 10.7. The van der Waals surface area contributed by atoms with E-state index in [1.165, 1.54) is 0 Å². The molecule has 2 rings (SSSR count). The normalized spacial score (nSPS) is 11.5. The van der Waals surface area contributed by atoms with Crippen molar-refractivity contribution in [2.45, 2.75) is 19.4 Å². The van der Waals surface area contributed by atoms with Crippen molar-refractivity contribution in [3.63, 3.8) is 0 Å². The van der Waals surface area contributed by atoms with Gasteiger partial charge >= 0.3 is 5.97 Å². The van der Waals surface area contributed by atoms with Crippen LogP contribution < -0.4 is 5.32 Å². The Morgan fingerprint density at radius 3 is 2.63 bits per heavy atom. The first-order chi connectivity index (χ1) is 8.88. The number of carboxylic acid groups (broad SMARTS) is 1. The Labute approximate surface area is 110 Å². The number of carboxylic acids is 1. The van der Waals surface area contributed by atoms with Crippen LogP contribution in [0, 0.1) is 0 Å². The predicted octanol–water partition coefficient (Wildman–Crippen LogP) is 1.51. The number of carbonyl (C=O) groups is 1. The van der Waals surface area contributed by atoms with Crippen LogP contribution in [0.5, 0.6) is 0 Å². The zero-order chi connectivity index (χ0) is 14.0. The lowest BCUT2D eigenvalue weighted by Crippen LogP contribution is -2.30. The van der Waals surface area contributed by atoms with Crippen molar-refractivity contribution in [3.05, 3.63) is 30.0 Å². The third-order valence-corrected chi connectivity index (χ3v) is 2.57. The fourth-order valence-electron chi connectivity index (χ4n) is 1.69. The molecule has 3 N–H and O–H groups in total. The van der Waals surface area contributed by atoms with Gasteiger partial charge in [-0.2, -0.15) is 0 Å². The van der Waals surface area contributed by atoms with Gasteiger partial charge in [0.25, 0.3) is 0 Å². The number of fused-ring (bicyclic) bond motifs is 1. The Kier molecular flexibility index (Phi) is 3.35. The first-order valence-electron chi connectivity index (χ1n) is 5.83. The molecule has 1 aromatic carbocycles. The lowest BCUT2D eigenvalue weighted by Gasteiger charge is -2.19. The van der Waals surface area contributed by atoms with Crippen molar-refractivity contribution in [2.75, 3.05) is 11.9 Å². The van der Waals surface area contributed by atoms with Gasteiger partial charge in [-0.05, 0) is 19.9 Å². The Hall–Kier alpha value is -2.21. The molecule has 0 saturated heterocycles. The molecule has 0 radical (unpaired) electrons. The molecule has 6 heteroatoms. The van der Waals surface area contributed by atoms with Gasteiger partial charge in [0.1, 0.15) is 0 Å². The lowest BCUT2D eigenvalue weighted by atomic mass is 10.1. The van der Waals surface area contributed by atoms with Crippen molar-refractivity contribution in [2.24, 2.45) is 0 Å². The molecule has 2 aromatic rings. The van der Waals surface area contributed by atoms with Crippen LogP contribution >= 0.6 is 0 Å². The van der Waals surface area contributed by atoms with Crippen LogP contribution in [0.2, 0.25) is 0 Å². The molecule has 1 heterocycles. The van der Waals surface area contributed by atoms with E-state index in [9.17, 15) is 9.90 Å². The van der Waals surface area contributed by atoms with E-state index in [1.807, 2.05) is 0 Å². The second kappa shape index (κ2) is 4.81. The second-order valence-electron chi connectivity index (χ2n) is 4.91. The van der Waals surface area contributed by atoms with E-state index in [0.717, 1.165) is 0 Å². The largest absolute Gasteiger partial charge is 0.476 e. The lowest BCUT2D eigenvalue weighted by molar-refractivity contribution is 0.0689. The van der Waals surface area contributed by atoms with Gasteiger partial charge < -0.3 is 15.5 Å². The third-order valence-electron chi connectivity index (χ3n) is 2.57. The van der Waals surface area contributed by atoms with Gasteiger partial charge in [-0.15, -0.1) is 10.2 Å². The van der Waals surface area contributed by atoms with Crippen LogP contribution in [0.15, 0.2) is 24.3 Å². The molecule has 0 aliphatic carbocycles. The highest BCUT2D eigenvalue weighted by Crippen LogP contribution is 2.24. The third kappa shape index (κ3) is 2.97. The Morgan fingerprint density at radius 2 is 2.00 bits per heavy atom. The van der Waals surface area contributed by atoms with Gasteiger partial charge in [-0.1, -0.05) is 18.2 Å². The SMILES string of the molecule is CC(C)(O)CNc1c(C(=O)O)nnc2ccccc12. The van der Waals surface area contributed by atoms with E-state index < -0.39 is 11.6 Å². The Balaban J connectivity index is 2.53. The molecule has 100 valence electrons. The molecule has 0 fully saturated rings. The Bertz CT molecular complexity index is 620. The maximum atomic E-state index is 11.2. The summed E-state index contributed by atoms with van der Waals surface area (Å²) >= 11 is 0. The number of benzene rings is 1. The quantitative estimate of drug-likeness (QED) is 0.772. The van der Waals surface area contributed by atoms with Crippen molar-refractivity contribution >= 4 is 22.6 Å². The van der Waals surface area contributed by atoms with Gasteiger partial charge in [0.15, 0.2) is 5.69 Å². The molecular formula is C13H15N3O3. The average Bonchev–Trinajstić information content (AvgIpc) is 2.34. The van der Waals surface area contributed by atoms with Gasteiger partial charge in [0, 0.05) is 11.9 Å². The highest BCUT2D eigenvalue weighted by atomic mass is 16.4. The van der Waals surface area contributed by atoms with Gasteiger partial charge in [0.2, 0.25) is 0 Å². The summed E-state index contributed by atoms with van der Waals surface area (Å²) in [6, 6.07) is 7.12. The van der Waals surface area contributed by atoms with Crippen LogP contribution in [-0.2, 0) is 0 Å². The number of hydrogen-bond donors (Lipinski definition) is 3. The average molecular weight is 261 g/mol. The fraction of sp³-hybridized carbons (Fsp3) is 0.308. The fourth-order valence-corrected chi connectivity index (χ4v) is 1.69. The number of hydrogen-bond acceptors (Lipinski definition) is 5. The number of aliphatic hydroxyl groups is 1. The highest BCUT2D eigenvalue weighted by Gasteiger charge is 2.19. The summed E-state index contributed by atoms with van der Waals surface area (Å²) < 4.78 is 0. The predicted molar refractivity (Wildman–Crippen MR) is 71.3 cm³/mol. The van der Waals surface area contributed by atoms with E-state index in [4.69, 9.17) is 5.11 Å². The summed E-state index contributed by atoms with van der Waals surface area (Å²) in [6.45, 7) is 3.48. The van der Waals surface area contributed by atoms with Crippen molar-refractivity contribution in [1.29, 1.82) is 0 Å². The number of nitrogens with one attached hydrogen (secondary N) is 1. The summed E-state index contributed by atoms with van der Waals surface area (Å²) in [4.78, 5) is 11.2. The van der Waals surface area contributed by atoms with Crippen LogP contribution in [0.1, 0.15) is 24.3 Å². The van der Waals surface area contributed by atoms with E-state index in [0.29, 0.717) is 16.6 Å². The van der Waals surface area contributed by atoms with Gasteiger partial charge in [0.05, 0.1) is 16.8 Å². The number of anilines is 1. The molecule has 1 aromatic heterocycles. The number of rotatable bonds is 4. The second-order valence-corrected chi connectivity index (χ2v) is 4.91. The summed E-state index contributed by atoms with van der Waals surface area (Å²) in [5, 5.41) is 30.1. The topological polar surface area (TPSA) is 95.3 Å². The van der Waals surface area contributed by atoms with Crippen molar-refractivity contribution in [1.82, 2.24) is 10.2 Å². The number of aromatic carboxylic acids is 1. The molecule has 0 atom stereocenters. The van der Waals surface area contributed by atoms with Gasteiger partial charge in [-0.25, -0.2) is 4.79 Å². The molecule has 0 unspecified atom stereocenters. The van der Waals surface area contributed by atoms with Crippen molar-refractivity contribution < 1.29 is 15.0 Å². The maximum absolute atomic E-state index is 11.2. The summed E-state index contributed by atoms with van der Waals surface area (Å²) in [6.07, 6.45) is 0. The summed E-state index contributed by atoms with van der Waals surface area (Å²) in [7, 11) is 0. The summed E-state index contributed by atoms with van der Waals surface area (Å²) in [5.41, 5.74) is -0.130. The zero-order valence-corrected chi connectivity index (χ0v) is 10.7. The van der Waals surface area contributed by atoms with Crippen LogP contribution in [0.3, 0.4) is 0 Å². The molecule has 0 bridgehead atoms. The molecule has 0 aliphatic heterocycles. The van der Waals surface area contributed by atoms with E-state index in [-0.39, 0.29) is 12.2 Å². The van der Waals surface area contributed by atoms with Crippen LogP contribution in [-0.4, -0.2) is 38.5 Å². The molecule has 6 nitrogen and oxygen atoms in total. The minimum atomic E-state index is -1.16. The monoisotopic (exact) mass is 261 g/mol. The maximum Gasteiger partial charge on any atom is 0.358 e. The minimum absolute atomic E-state index is 0.150. The van der Waals surface area contributed by atoms with E-state index in [2.05, 4.69) is 15.5 Å².